The molecular weight excluding hydrogens is 476 g/mol. The van der Waals surface area contributed by atoms with Gasteiger partial charge in [0.05, 0.1) is 4.75 Å². The Balaban J connectivity index is 0.00000576. The van der Waals surface area contributed by atoms with E-state index in [9.17, 15) is 12.8 Å². The Morgan fingerprint density at radius 1 is 1.28 bits per heavy atom. The van der Waals surface area contributed by atoms with E-state index in [-0.39, 0.29) is 36.3 Å². The molecule has 9 heteroatoms. The van der Waals surface area contributed by atoms with Gasteiger partial charge in [0, 0.05) is 32.1 Å². The molecule has 0 aliphatic rings. The van der Waals surface area contributed by atoms with Crippen molar-refractivity contribution in [1.29, 1.82) is 0 Å². The molecule has 0 atom stereocenters. The van der Waals surface area contributed by atoms with Crippen LogP contribution in [0.2, 0.25) is 0 Å². The molecule has 0 amide bonds. The van der Waals surface area contributed by atoms with Gasteiger partial charge >= 0.3 is 0 Å². The van der Waals surface area contributed by atoms with Gasteiger partial charge < -0.3 is 10.6 Å². The predicted octanol–water partition coefficient (Wildman–Crippen LogP) is 2.79. The summed E-state index contributed by atoms with van der Waals surface area (Å²) in [5, 5.41) is 6.17. The van der Waals surface area contributed by atoms with Gasteiger partial charge in [0.2, 0.25) is 0 Å². The summed E-state index contributed by atoms with van der Waals surface area (Å²) in [4.78, 5) is 4.10. The Morgan fingerprint density at radius 2 is 1.92 bits per heavy atom. The zero-order valence-electron chi connectivity index (χ0n) is 15.2. The Kier molecular flexibility index (Phi) is 10.3. The van der Waals surface area contributed by atoms with Crippen molar-refractivity contribution in [2.24, 2.45) is 4.99 Å². The van der Waals surface area contributed by atoms with E-state index < -0.39 is 14.6 Å². The molecule has 0 bridgehead atoms. The van der Waals surface area contributed by atoms with Crippen molar-refractivity contribution in [3.63, 3.8) is 0 Å². The molecule has 0 aliphatic heterocycles. The highest BCUT2D eigenvalue weighted by Gasteiger charge is 2.30. The molecule has 0 spiro atoms. The number of rotatable bonds is 7. The molecule has 0 saturated carbocycles. The van der Waals surface area contributed by atoms with E-state index >= 15 is 0 Å². The largest absolute Gasteiger partial charge is 0.355 e. The predicted molar refractivity (Wildman–Crippen MR) is 116 cm³/mol. The second kappa shape index (κ2) is 10.6. The number of sulfone groups is 1. The van der Waals surface area contributed by atoms with Crippen LogP contribution in [0.15, 0.2) is 23.2 Å². The van der Waals surface area contributed by atoms with Crippen molar-refractivity contribution < 1.29 is 12.8 Å². The molecule has 0 heterocycles. The lowest BCUT2D eigenvalue weighted by Crippen LogP contribution is -2.47. The van der Waals surface area contributed by atoms with E-state index in [1.54, 1.807) is 38.7 Å². The minimum Gasteiger partial charge on any atom is -0.355 e. The smallest absolute Gasteiger partial charge is 0.191 e. The summed E-state index contributed by atoms with van der Waals surface area (Å²) >= 11 is 1.63. The number of nitrogens with one attached hydrogen (secondary N) is 2. The van der Waals surface area contributed by atoms with Crippen molar-refractivity contribution >= 4 is 51.5 Å². The lowest BCUT2D eigenvalue weighted by molar-refractivity contribution is 0.544. The monoisotopic (exact) mass is 503 g/mol. The van der Waals surface area contributed by atoms with Crippen LogP contribution < -0.4 is 10.6 Å². The number of hydrogen-bond donors (Lipinski definition) is 2. The maximum Gasteiger partial charge on any atom is 0.191 e. The summed E-state index contributed by atoms with van der Waals surface area (Å²) in [6.07, 6.45) is 3.19. The van der Waals surface area contributed by atoms with E-state index in [0.717, 1.165) is 16.9 Å². The summed E-state index contributed by atoms with van der Waals surface area (Å²) in [5.74, 6) is 0.980. The van der Waals surface area contributed by atoms with E-state index in [2.05, 4.69) is 15.6 Å². The van der Waals surface area contributed by atoms with Crippen molar-refractivity contribution in [3.05, 3.63) is 35.1 Å². The Bertz CT molecular complexity index is 695. The first-order chi connectivity index (χ1) is 11.1. The number of nitrogens with zero attached hydrogens (tertiary/aromatic N) is 1. The Morgan fingerprint density at radius 3 is 2.44 bits per heavy atom. The van der Waals surface area contributed by atoms with E-state index in [4.69, 9.17) is 0 Å². The van der Waals surface area contributed by atoms with Crippen molar-refractivity contribution in [2.45, 2.75) is 30.9 Å². The first-order valence-corrected chi connectivity index (χ1v) is 10.8. The molecule has 1 rings (SSSR count). The molecular formula is C16H27FIN3O2S2. The van der Waals surface area contributed by atoms with Crippen LogP contribution in [0.3, 0.4) is 0 Å². The van der Waals surface area contributed by atoms with Crippen LogP contribution in [0.5, 0.6) is 0 Å². The normalized spacial score (nSPS) is 12.5. The van der Waals surface area contributed by atoms with Crippen molar-refractivity contribution in [1.82, 2.24) is 10.6 Å². The minimum absolute atomic E-state index is 0. The number of benzene rings is 1. The highest BCUT2D eigenvalue weighted by molar-refractivity contribution is 14.0. The fourth-order valence-electron chi connectivity index (χ4n) is 1.88. The zero-order valence-corrected chi connectivity index (χ0v) is 19.2. The topological polar surface area (TPSA) is 70.6 Å². The summed E-state index contributed by atoms with van der Waals surface area (Å²) in [5.41, 5.74) is 1.91. The summed E-state index contributed by atoms with van der Waals surface area (Å²) in [7, 11) is -1.56. The molecule has 5 nitrogen and oxygen atoms in total. The fourth-order valence-corrected chi connectivity index (χ4v) is 2.80. The SMILES string of the molecule is CN=C(NCc1ccc(F)cc1CSC)NCC(C)(C)S(C)(=O)=O.I. The molecule has 1 aromatic carbocycles. The first kappa shape index (κ1) is 24.5. The number of aliphatic imine (C=N–C) groups is 1. The molecule has 0 saturated heterocycles. The van der Waals surface area contributed by atoms with Gasteiger partial charge in [-0.25, -0.2) is 12.8 Å². The third-order valence-electron chi connectivity index (χ3n) is 3.82. The first-order valence-electron chi connectivity index (χ1n) is 7.51. The maximum atomic E-state index is 13.4. The third-order valence-corrected chi connectivity index (χ3v) is 6.57. The number of halogens is 2. The van der Waals surface area contributed by atoms with Crippen LogP contribution in [-0.2, 0) is 22.1 Å². The van der Waals surface area contributed by atoms with Gasteiger partial charge in [-0.05, 0) is 43.4 Å². The minimum atomic E-state index is -3.18. The standard InChI is InChI=1S/C16H26FN3O2S2.HI/c1-16(2,24(5,21)22)11-20-15(18-3)19-9-12-6-7-14(17)8-13(12)10-23-4;/h6-8H,9-11H2,1-5H3,(H2,18,19,20);1H. The van der Waals surface area contributed by atoms with Gasteiger partial charge in [0.15, 0.2) is 15.8 Å². The summed E-state index contributed by atoms with van der Waals surface area (Å²) in [6.45, 7) is 4.06. The van der Waals surface area contributed by atoms with E-state index in [0.29, 0.717) is 12.5 Å². The second-order valence-electron chi connectivity index (χ2n) is 6.16. The lowest BCUT2D eigenvalue weighted by atomic mass is 10.1. The number of hydrogen-bond acceptors (Lipinski definition) is 4. The van der Waals surface area contributed by atoms with E-state index in [1.165, 1.54) is 18.4 Å². The molecule has 144 valence electrons. The van der Waals surface area contributed by atoms with Crippen molar-refractivity contribution in [2.75, 3.05) is 26.1 Å². The molecule has 0 unspecified atom stereocenters. The van der Waals surface area contributed by atoms with E-state index in [1.807, 2.05) is 6.26 Å². The van der Waals surface area contributed by atoms with Crippen molar-refractivity contribution in [3.8, 4) is 0 Å². The molecule has 0 fully saturated rings. The lowest BCUT2D eigenvalue weighted by Gasteiger charge is -2.24. The molecule has 0 aromatic heterocycles. The molecule has 1 aromatic rings. The second-order valence-corrected chi connectivity index (χ2v) is 9.67. The number of guanidine groups is 1. The molecule has 0 aliphatic carbocycles. The quantitative estimate of drug-likeness (QED) is 0.340. The van der Waals surface area contributed by atoms with Crippen LogP contribution in [0, 0.1) is 5.82 Å². The third kappa shape index (κ3) is 7.69. The van der Waals surface area contributed by atoms with Gasteiger partial charge in [0.25, 0.3) is 0 Å². The average molecular weight is 503 g/mol. The maximum absolute atomic E-state index is 13.4. The summed E-state index contributed by atoms with van der Waals surface area (Å²) in [6, 6.07) is 4.72. The van der Waals surface area contributed by atoms with Gasteiger partial charge in [-0.1, -0.05) is 6.07 Å². The van der Waals surface area contributed by atoms with Gasteiger partial charge in [-0.2, -0.15) is 11.8 Å². The van der Waals surface area contributed by atoms with Gasteiger partial charge in [-0.3, -0.25) is 4.99 Å². The number of thioether (sulfide) groups is 1. The molecule has 2 N–H and O–H groups in total. The fraction of sp³-hybridized carbons (Fsp3) is 0.562. The van der Waals surface area contributed by atoms with Crippen LogP contribution >= 0.6 is 35.7 Å². The molecule has 25 heavy (non-hydrogen) atoms. The van der Waals surface area contributed by atoms with Gasteiger partial charge in [0.1, 0.15) is 5.82 Å². The molecule has 0 radical (unpaired) electrons. The highest BCUT2D eigenvalue weighted by atomic mass is 127. The van der Waals surface area contributed by atoms with Crippen LogP contribution in [0.25, 0.3) is 0 Å². The van der Waals surface area contributed by atoms with Crippen LogP contribution in [0.1, 0.15) is 25.0 Å². The zero-order chi connectivity index (χ0) is 18.4. The Labute approximate surface area is 171 Å². The van der Waals surface area contributed by atoms with Gasteiger partial charge in [-0.15, -0.1) is 24.0 Å². The highest BCUT2D eigenvalue weighted by Crippen LogP contribution is 2.17. The Hall–Kier alpha value is -0.550. The average Bonchev–Trinajstić information content (AvgIpc) is 2.48. The van der Waals surface area contributed by atoms with Crippen LogP contribution in [-0.4, -0.2) is 45.2 Å². The van der Waals surface area contributed by atoms with Crippen LogP contribution in [0.4, 0.5) is 4.39 Å². The summed E-state index contributed by atoms with van der Waals surface area (Å²) < 4.78 is 36.0.